The molecule has 0 aliphatic carbocycles. The van der Waals surface area contributed by atoms with Crippen molar-refractivity contribution >= 4 is 5.91 Å². The van der Waals surface area contributed by atoms with Gasteiger partial charge in [0.05, 0.1) is 18.7 Å². The molecule has 4 rings (SSSR count). The van der Waals surface area contributed by atoms with Crippen LogP contribution in [0.25, 0.3) is 0 Å². The van der Waals surface area contributed by atoms with Crippen LogP contribution >= 0.6 is 0 Å². The molecule has 1 aromatic rings. The number of nitrogens with zero attached hydrogens (tertiary/aromatic N) is 1. The molecule has 2 saturated heterocycles. The highest BCUT2D eigenvalue weighted by Gasteiger charge is 2.35. The maximum atomic E-state index is 12.6. The molecule has 118 valence electrons. The summed E-state index contributed by atoms with van der Waals surface area (Å²) < 4.78 is 5.66. The minimum Gasteiger partial charge on any atom is -0.493 e. The Hall–Kier alpha value is -1.59. The lowest BCUT2D eigenvalue weighted by Gasteiger charge is -2.36. The minimum atomic E-state index is -0.0932. The summed E-state index contributed by atoms with van der Waals surface area (Å²) in [5, 5.41) is 6.64. The zero-order valence-corrected chi connectivity index (χ0v) is 12.8. The Kier molecular flexibility index (Phi) is 3.76. The van der Waals surface area contributed by atoms with Crippen molar-refractivity contribution in [1.82, 2.24) is 15.5 Å². The number of piperazine rings is 1. The number of hydrogen-bond donors (Lipinski definition) is 2. The van der Waals surface area contributed by atoms with Crippen molar-refractivity contribution in [2.45, 2.75) is 37.4 Å². The van der Waals surface area contributed by atoms with Crippen LogP contribution in [-0.4, -0.2) is 49.1 Å². The molecule has 0 aromatic heterocycles. The van der Waals surface area contributed by atoms with Crippen LogP contribution in [0.3, 0.4) is 0 Å². The molecule has 3 aliphatic rings. The highest BCUT2D eigenvalue weighted by molar-refractivity contribution is 5.82. The zero-order chi connectivity index (χ0) is 14.9. The number of ether oxygens (including phenoxy) is 1. The van der Waals surface area contributed by atoms with E-state index >= 15 is 0 Å². The standard InChI is InChI=1S/C17H23N3O2/c21-17(15-11-20-8-3-4-12(20)10-18-15)19-14-7-9-22-16-6-2-1-5-13(14)16/h1-2,5-6,12,14-15,18H,3-4,7-11H2,(H,19,21)/t12?,14-,15?/m1/s1. The predicted octanol–water partition coefficient (Wildman–Crippen LogP) is 1.06. The summed E-state index contributed by atoms with van der Waals surface area (Å²) in [6, 6.07) is 8.60. The second-order valence-corrected chi connectivity index (χ2v) is 6.49. The number of amides is 1. The van der Waals surface area contributed by atoms with Gasteiger partial charge in [-0.15, -0.1) is 0 Å². The Labute approximate surface area is 131 Å². The number of carbonyl (C=O) groups excluding carboxylic acids is 1. The van der Waals surface area contributed by atoms with Crippen LogP contribution < -0.4 is 15.4 Å². The van der Waals surface area contributed by atoms with E-state index in [1.807, 2.05) is 24.3 Å². The molecule has 0 spiro atoms. The Balaban J connectivity index is 1.42. The van der Waals surface area contributed by atoms with Crippen LogP contribution in [0.15, 0.2) is 24.3 Å². The molecule has 3 heterocycles. The average molecular weight is 301 g/mol. The van der Waals surface area contributed by atoms with Gasteiger partial charge in [-0.05, 0) is 25.5 Å². The van der Waals surface area contributed by atoms with Crippen molar-refractivity contribution < 1.29 is 9.53 Å². The van der Waals surface area contributed by atoms with Crippen LogP contribution in [0.5, 0.6) is 5.75 Å². The van der Waals surface area contributed by atoms with Gasteiger partial charge in [0.2, 0.25) is 5.91 Å². The lowest BCUT2D eigenvalue weighted by Crippen LogP contribution is -2.59. The Morgan fingerprint density at radius 1 is 1.32 bits per heavy atom. The van der Waals surface area contributed by atoms with E-state index in [0.717, 1.165) is 37.4 Å². The highest BCUT2D eigenvalue weighted by Crippen LogP contribution is 2.31. The molecule has 3 atom stereocenters. The first-order chi connectivity index (χ1) is 10.8. The SMILES string of the molecule is O=C(N[C@@H]1CCOc2ccccc21)C1CN2CCCC2CN1. The molecule has 0 radical (unpaired) electrons. The third-order valence-electron chi connectivity index (χ3n) is 5.11. The summed E-state index contributed by atoms with van der Waals surface area (Å²) in [6.07, 6.45) is 3.35. The van der Waals surface area contributed by atoms with E-state index in [1.165, 1.54) is 12.8 Å². The van der Waals surface area contributed by atoms with Crippen molar-refractivity contribution in [3.05, 3.63) is 29.8 Å². The van der Waals surface area contributed by atoms with Crippen molar-refractivity contribution in [1.29, 1.82) is 0 Å². The number of rotatable bonds is 2. The first kappa shape index (κ1) is 14.0. The number of fused-ring (bicyclic) bond motifs is 2. The maximum absolute atomic E-state index is 12.6. The van der Waals surface area contributed by atoms with Crippen molar-refractivity contribution in [3.63, 3.8) is 0 Å². The summed E-state index contributed by atoms with van der Waals surface area (Å²) in [4.78, 5) is 15.1. The third kappa shape index (κ3) is 2.59. The van der Waals surface area contributed by atoms with Gasteiger partial charge in [0.1, 0.15) is 5.75 Å². The molecular weight excluding hydrogens is 278 g/mol. The van der Waals surface area contributed by atoms with E-state index in [1.54, 1.807) is 0 Å². The second kappa shape index (κ2) is 5.89. The Morgan fingerprint density at radius 2 is 2.23 bits per heavy atom. The van der Waals surface area contributed by atoms with E-state index in [0.29, 0.717) is 12.6 Å². The number of carbonyl (C=O) groups is 1. The zero-order valence-electron chi connectivity index (χ0n) is 12.8. The lowest BCUT2D eigenvalue weighted by atomic mass is 10.00. The van der Waals surface area contributed by atoms with Crippen molar-refractivity contribution in [2.75, 3.05) is 26.2 Å². The average Bonchev–Trinajstić information content (AvgIpc) is 3.02. The summed E-state index contributed by atoms with van der Waals surface area (Å²) in [5.74, 6) is 1.02. The van der Waals surface area contributed by atoms with Crippen LogP contribution in [0, 0.1) is 0 Å². The van der Waals surface area contributed by atoms with Gasteiger partial charge in [-0.3, -0.25) is 9.69 Å². The molecule has 2 unspecified atom stereocenters. The van der Waals surface area contributed by atoms with Gasteiger partial charge < -0.3 is 15.4 Å². The highest BCUT2D eigenvalue weighted by atomic mass is 16.5. The summed E-state index contributed by atoms with van der Waals surface area (Å²) in [5.41, 5.74) is 1.09. The summed E-state index contributed by atoms with van der Waals surface area (Å²) in [6.45, 7) is 3.56. The number of benzene rings is 1. The monoisotopic (exact) mass is 301 g/mol. The van der Waals surface area contributed by atoms with E-state index in [4.69, 9.17) is 4.74 Å². The Morgan fingerprint density at radius 3 is 3.18 bits per heavy atom. The Bertz CT molecular complexity index is 563. The van der Waals surface area contributed by atoms with Gasteiger partial charge in [-0.25, -0.2) is 0 Å². The largest absolute Gasteiger partial charge is 0.493 e. The van der Waals surface area contributed by atoms with Crippen molar-refractivity contribution in [3.8, 4) is 5.75 Å². The molecule has 2 fully saturated rings. The normalized spacial score (nSPS) is 31.0. The fourth-order valence-corrected chi connectivity index (χ4v) is 3.88. The van der Waals surface area contributed by atoms with Gasteiger partial charge in [-0.2, -0.15) is 0 Å². The summed E-state index contributed by atoms with van der Waals surface area (Å²) in [7, 11) is 0. The van der Waals surface area contributed by atoms with Gasteiger partial charge in [0.15, 0.2) is 0 Å². The molecule has 5 heteroatoms. The smallest absolute Gasteiger partial charge is 0.238 e. The molecule has 1 amide bonds. The molecule has 0 saturated carbocycles. The summed E-state index contributed by atoms with van der Waals surface area (Å²) >= 11 is 0. The quantitative estimate of drug-likeness (QED) is 0.858. The molecule has 22 heavy (non-hydrogen) atoms. The molecule has 1 aromatic carbocycles. The van der Waals surface area contributed by atoms with Gasteiger partial charge in [0.25, 0.3) is 0 Å². The second-order valence-electron chi connectivity index (χ2n) is 6.49. The predicted molar refractivity (Wildman–Crippen MR) is 83.8 cm³/mol. The molecule has 0 bridgehead atoms. The number of hydrogen-bond acceptors (Lipinski definition) is 4. The molecule has 3 aliphatic heterocycles. The van der Waals surface area contributed by atoms with E-state index < -0.39 is 0 Å². The molecule has 2 N–H and O–H groups in total. The maximum Gasteiger partial charge on any atom is 0.238 e. The number of nitrogens with one attached hydrogen (secondary N) is 2. The van der Waals surface area contributed by atoms with Crippen molar-refractivity contribution in [2.24, 2.45) is 0 Å². The van der Waals surface area contributed by atoms with Gasteiger partial charge >= 0.3 is 0 Å². The van der Waals surface area contributed by atoms with Crippen LogP contribution in [-0.2, 0) is 4.79 Å². The fourth-order valence-electron chi connectivity index (χ4n) is 3.88. The van der Waals surface area contributed by atoms with E-state index in [-0.39, 0.29) is 18.0 Å². The lowest BCUT2D eigenvalue weighted by molar-refractivity contribution is -0.125. The van der Waals surface area contributed by atoms with E-state index in [2.05, 4.69) is 15.5 Å². The molecular formula is C17H23N3O2. The third-order valence-corrected chi connectivity index (χ3v) is 5.11. The van der Waals surface area contributed by atoms with Gasteiger partial charge in [0, 0.05) is 31.1 Å². The first-order valence-corrected chi connectivity index (χ1v) is 8.31. The first-order valence-electron chi connectivity index (χ1n) is 8.31. The van der Waals surface area contributed by atoms with Crippen LogP contribution in [0.4, 0.5) is 0 Å². The van der Waals surface area contributed by atoms with Crippen LogP contribution in [0.2, 0.25) is 0 Å². The van der Waals surface area contributed by atoms with Gasteiger partial charge in [-0.1, -0.05) is 18.2 Å². The fraction of sp³-hybridized carbons (Fsp3) is 0.588. The minimum absolute atomic E-state index is 0.0653. The number of para-hydroxylation sites is 1. The molecule has 5 nitrogen and oxygen atoms in total. The van der Waals surface area contributed by atoms with Crippen LogP contribution in [0.1, 0.15) is 30.9 Å². The topological polar surface area (TPSA) is 53.6 Å². The van der Waals surface area contributed by atoms with E-state index in [9.17, 15) is 4.79 Å².